The first-order valence-corrected chi connectivity index (χ1v) is 7.91. The van der Waals surface area contributed by atoms with Crippen molar-refractivity contribution in [3.8, 4) is 0 Å². The Kier molecular flexibility index (Phi) is 8.36. The normalized spacial score (nSPS) is 12.5. The Labute approximate surface area is 120 Å². The maximum Gasteiger partial charge on any atom is 0.225 e. The summed E-state index contributed by atoms with van der Waals surface area (Å²) in [5.41, 5.74) is 0.226. The van der Waals surface area contributed by atoms with E-state index in [-0.39, 0.29) is 11.3 Å². The smallest absolute Gasteiger partial charge is 0.225 e. The molecular weight excluding hydrogens is 234 g/mol. The van der Waals surface area contributed by atoms with Crippen molar-refractivity contribution in [2.75, 3.05) is 6.54 Å². The summed E-state index contributed by atoms with van der Waals surface area (Å²) in [6, 6.07) is 0. The lowest BCUT2D eigenvalue weighted by molar-refractivity contribution is -0.128. The highest BCUT2D eigenvalue weighted by molar-refractivity contribution is 5.81. The Morgan fingerprint density at radius 2 is 1.26 bits per heavy atom. The molecule has 0 spiro atoms. The second-order valence-corrected chi connectivity index (χ2v) is 7.94. The van der Waals surface area contributed by atoms with Crippen LogP contribution in [0.15, 0.2) is 0 Å². The molecule has 0 fully saturated rings. The van der Waals surface area contributed by atoms with Crippen LogP contribution >= 0.6 is 0 Å². The first kappa shape index (κ1) is 18.5. The molecule has 0 bridgehead atoms. The third-order valence-electron chi connectivity index (χ3n) is 3.32. The van der Waals surface area contributed by atoms with Crippen molar-refractivity contribution in [2.24, 2.45) is 10.8 Å². The molecule has 0 heterocycles. The minimum atomic E-state index is -0.257. The molecule has 0 aromatic heterocycles. The number of carbonyl (C=O) groups is 1. The molecule has 2 heteroatoms. The van der Waals surface area contributed by atoms with Crippen LogP contribution in [0.2, 0.25) is 0 Å². The van der Waals surface area contributed by atoms with E-state index >= 15 is 0 Å². The van der Waals surface area contributed by atoms with Crippen molar-refractivity contribution in [2.45, 2.75) is 86.5 Å². The van der Waals surface area contributed by atoms with Crippen molar-refractivity contribution in [3.05, 3.63) is 0 Å². The minimum Gasteiger partial charge on any atom is -0.356 e. The van der Waals surface area contributed by atoms with Gasteiger partial charge in [-0.15, -0.1) is 0 Å². The first-order valence-electron chi connectivity index (χ1n) is 7.91. The number of nitrogens with one attached hydrogen (secondary N) is 1. The number of unbranched alkanes of at least 4 members (excludes halogenated alkanes) is 5. The van der Waals surface area contributed by atoms with E-state index in [4.69, 9.17) is 0 Å². The Balaban J connectivity index is 3.31. The van der Waals surface area contributed by atoms with Crippen LogP contribution in [0, 0.1) is 10.8 Å². The van der Waals surface area contributed by atoms with Crippen LogP contribution in [0.3, 0.4) is 0 Å². The molecule has 0 aromatic carbocycles. The zero-order valence-corrected chi connectivity index (χ0v) is 14.1. The Bertz CT molecular complexity index is 245. The largest absolute Gasteiger partial charge is 0.356 e. The number of rotatable bonds is 8. The van der Waals surface area contributed by atoms with Gasteiger partial charge in [-0.25, -0.2) is 0 Å². The van der Waals surface area contributed by atoms with Gasteiger partial charge in [0.25, 0.3) is 0 Å². The molecule has 1 amide bonds. The van der Waals surface area contributed by atoms with Gasteiger partial charge >= 0.3 is 0 Å². The third-order valence-corrected chi connectivity index (χ3v) is 3.32. The predicted molar refractivity (Wildman–Crippen MR) is 84.2 cm³/mol. The van der Waals surface area contributed by atoms with E-state index in [1.54, 1.807) is 0 Å². The topological polar surface area (TPSA) is 29.1 Å². The molecule has 19 heavy (non-hydrogen) atoms. The van der Waals surface area contributed by atoms with Crippen LogP contribution in [-0.4, -0.2) is 12.5 Å². The molecule has 1 N–H and O–H groups in total. The standard InChI is InChI=1S/C17H35NO/c1-16(2,3)13-11-9-7-8-10-12-14-18-15(19)17(4,5)6/h7-14H2,1-6H3,(H,18,19). The molecule has 0 saturated carbocycles. The van der Waals surface area contributed by atoms with Crippen molar-refractivity contribution < 1.29 is 4.79 Å². The van der Waals surface area contributed by atoms with Crippen LogP contribution in [0.4, 0.5) is 0 Å². The molecule has 0 aliphatic rings. The van der Waals surface area contributed by atoms with E-state index in [1.165, 1.54) is 38.5 Å². The summed E-state index contributed by atoms with van der Waals surface area (Å²) in [5.74, 6) is 0.165. The maximum atomic E-state index is 11.6. The average molecular weight is 269 g/mol. The molecular formula is C17H35NO. The van der Waals surface area contributed by atoms with Crippen molar-refractivity contribution >= 4 is 5.91 Å². The zero-order valence-electron chi connectivity index (χ0n) is 14.1. The molecule has 2 nitrogen and oxygen atoms in total. The van der Waals surface area contributed by atoms with E-state index in [2.05, 4.69) is 26.1 Å². The Morgan fingerprint density at radius 3 is 1.74 bits per heavy atom. The quantitative estimate of drug-likeness (QED) is 0.622. The van der Waals surface area contributed by atoms with E-state index in [9.17, 15) is 4.79 Å². The Morgan fingerprint density at radius 1 is 0.789 bits per heavy atom. The summed E-state index contributed by atoms with van der Waals surface area (Å²) < 4.78 is 0. The number of hydrogen-bond acceptors (Lipinski definition) is 1. The maximum absolute atomic E-state index is 11.6. The number of carbonyl (C=O) groups excluding carboxylic acids is 1. The highest BCUT2D eigenvalue weighted by Gasteiger charge is 2.19. The van der Waals surface area contributed by atoms with Crippen molar-refractivity contribution in [1.82, 2.24) is 5.32 Å². The minimum absolute atomic E-state index is 0.165. The average Bonchev–Trinajstić information content (AvgIpc) is 2.23. The summed E-state index contributed by atoms with van der Waals surface area (Å²) in [5, 5.41) is 3.01. The van der Waals surface area contributed by atoms with Gasteiger partial charge in [-0.1, -0.05) is 73.6 Å². The molecule has 0 atom stereocenters. The van der Waals surface area contributed by atoms with E-state index < -0.39 is 0 Å². The van der Waals surface area contributed by atoms with Gasteiger partial charge in [-0.3, -0.25) is 4.79 Å². The van der Waals surface area contributed by atoms with Crippen LogP contribution < -0.4 is 5.32 Å². The van der Waals surface area contributed by atoms with Crippen LogP contribution in [-0.2, 0) is 4.79 Å². The van der Waals surface area contributed by atoms with E-state index in [0.29, 0.717) is 5.41 Å². The molecule has 0 unspecified atom stereocenters. The second kappa shape index (κ2) is 8.60. The number of amides is 1. The molecule has 0 aliphatic heterocycles. The highest BCUT2D eigenvalue weighted by atomic mass is 16.2. The van der Waals surface area contributed by atoms with Crippen LogP contribution in [0.1, 0.15) is 86.5 Å². The summed E-state index contributed by atoms with van der Waals surface area (Å²) in [6.07, 6.45) is 9.02. The van der Waals surface area contributed by atoms with Crippen LogP contribution in [0.25, 0.3) is 0 Å². The fourth-order valence-electron chi connectivity index (χ4n) is 1.95. The lowest BCUT2D eigenvalue weighted by Crippen LogP contribution is -2.35. The van der Waals surface area contributed by atoms with Gasteiger partial charge in [0, 0.05) is 12.0 Å². The van der Waals surface area contributed by atoms with Crippen LogP contribution in [0.5, 0.6) is 0 Å². The van der Waals surface area contributed by atoms with Gasteiger partial charge in [0.15, 0.2) is 0 Å². The summed E-state index contributed by atoms with van der Waals surface area (Å²) in [4.78, 5) is 11.6. The number of hydrogen-bond donors (Lipinski definition) is 1. The summed E-state index contributed by atoms with van der Waals surface area (Å²) >= 11 is 0. The Hall–Kier alpha value is -0.530. The SMILES string of the molecule is CC(C)(C)CCCCCCCCNC(=O)C(C)(C)C. The van der Waals surface area contributed by atoms with Gasteiger partial charge in [0.05, 0.1) is 0 Å². The summed E-state index contributed by atoms with van der Waals surface area (Å²) in [6.45, 7) is 13.6. The van der Waals surface area contributed by atoms with Crippen molar-refractivity contribution in [1.29, 1.82) is 0 Å². The fourth-order valence-corrected chi connectivity index (χ4v) is 1.95. The molecule has 0 aliphatic carbocycles. The predicted octanol–water partition coefficient (Wildman–Crippen LogP) is 4.93. The fraction of sp³-hybridized carbons (Fsp3) is 0.941. The highest BCUT2D eigenvalue weighted by Crippen LogP contribution is 2.22. The molecule has 114 valence electrons. The molecule has 0 rings (SSSR count). The van der Waals surface area contributed by atoms with Gasteiger partial charge < -0.3 is 5.32 Å². The third kappa shape index (κ3) is 12.3. The van der Waals surface area contributed by atoms with E-state index in [0.717, 1.165) is 13.0 Å². The molecule has 0 saturated heterocycles. The zero-order chi connectivity index (χ0) is 14.9. The lowest BCUT2D eigenvalue weighted by atomic mass is 9.89. The van der Waals surface area contributed by atoms with Gasteiger partial charge in [-0.2, -0.15) is 0 Å². The van der Waals surface area contributed by atoms with Gasteiger partial charge in [0.1, 0.15) is 0 Å². The molecule has 0 aromatic rings. The lowest BCUT2D eigenvalue weighted by Gasteiger charge is -2.18. The van der Waals surface area contributed by atoms with E-state index in [1.807, 2.05) is 20.8 Å². The first-order chi connectivity index (χ1) is 8.63. The monoisotopic (exact) mass is 269 g/mol. The second-order valence-electron chi connectivity index (χ2n) is 7.94. The van der Waals surface area contributed by atoms with Gasteiger partial charge in [0.2, 0.25) is 5.91 Å². The summed E-state index contributed by atoms with van der Waals surface area (Å²) in [7, 11) is 0. The van der Waals surface area contributed by atoms with Crippen molar-refractivity contribution in [3.63, 3.8) is 0 Å². The molecule has 0 radical (unpaired) electrons. The van der Waals surface area contributed by atoms with Gasteiger partial charge in [-0.05, 0) is 18.3 Å².